The van der Waals surface area contributed by atoms with Gasteiger partial charge in [0.2, 0.25) is 0 Å². The minimum absolute atomic E-state index is 0.0316. The molecule has 0 spiro atoms. The van der Waals surface area contributed by atoms with Crippen LogP contribution in [0.2, 0.25) is 0 Å². The Morgan fingerprint density at radius 1 is 1.19 bits per heavy atom. The van der Waals surface area contributed by atoms with E-state index in [0.29, 0.717) is 17.9 Å². The summed E-state index contributed by atoms with van der Waals surface area (Å²) in [6.45, 7) is 0.795. The summed E-state index contributed by atoms with van der Waals surface area (Å²) >= 11 is 0. The zero-order valence-electron chi connectivity index (χ0n) is 15.2. The van der Waals surface area contributed by atoms with Crippen molar-refractivity contribution in [3.8, 4) is 5.75 Å². The van der Waals surface area contributed by atoms with Gasteiger partial charge in [-0.3, -0.25) is 4.79 Å². The fourth-order valence-corrected chi connectivity index (χ4v) is 3.64. The Balaban J connectivity index is 1.73. The standard InChI is InChI=1S/C22H22N2O3/c1-26-19-8-7-16-11-21(15-5-3-2-4-6-15)24(13-17(16)9-19)22(25)18-10-20(12-23)27-14-18/h2-10,14,21H,11-13,23H2,1H3. The molecule has 1 atom stereocenters. The van der Waals surface area contributed by atoms with E-state index in [4.69, 9.17) is 14.9 Å². The predicted octanol–water partition coefficient (Wildman–Crippen LogP) is 3.69. The van der Waals surface area contributed by atoms with Crippen LogP contribution >= 0.6 is 0 Å². The molecule has 0 fully saturated rings. The molecule has 2 N–H and O–H groups in total. The van der Waals surface area contributed by atoms with Crippen molar-refractivity contribution < 1.29 is 13.9 Å². The number of carbonyl (C=O) groups excluding carboxylic acids is 1. The zero-order valence-corrected chi connectivity index (χ0v) is 15.2. The molecule has 0 radical (unpaired) electrons. The molecular formula is C22H22N2O3. The third-order valence-electron chi connectivity index (χ3n) is 5.09. The molecule has 1 unspecified atom stereocenters. The van der Waals surface area contributed by atoms with Gasteiger partial charge in [0.1, 0.15) is 17.8 Å². The quantitative estimate of drug-likeness (QED) is 0.769. The lowest BCUT2D eigenvalue weighted by Crippen LogP contribution is -2.38. The number of furan rings is 1. The second-order valence-corrected chi connectivity index (χ2v) is 6.70. The van der Waals surface area contributed by atoms with Crippen molar-refractivity contribution in [3.63, 3.8) is 0 Å². The lowest BCUT2D eigenvalue weighted by molar-refractivity contribution is 0.0637. The maximum absolute atomic E-state index is 13.3. The normalized spacial score (nSPS) is 16.1. The average molecular weight is 362 g/mol. The van der Waals surface area contributed by atoms with E-state index in [9.17, 15) is 4.79 Å². The summed E-state index contributed by atoms with van der Waals surface area (Å²) in [5.74, 6) is 1.35. The molecule has 1 aliphatic heterocycles. The number of hydrogen-bond donors (Lipinski definition) is 1. The molecule has 4 rings (SSSR count). The molecule has 138 valence electrons. The molecule has 1 aromatic heterocycles. The van der Waals surface area contributed by atoms with Crippen LogP contribution in [0.25, 0.3) is 0 Å². The first-order valence-electron chi connectivity index (χ1n) is 8.98. The minimum atomic E-state index is -0.0548. The number of fused-ring (bicyclic) bond motifs is 1. The second kappa shape index (κ2) is 7.29. The number of ether oxygens (including phenoxy) is 1. The van der Waals surface area contributed by atoms with Crippen molar-refractivity contribution in [1.29, 1.82) is 0 Å². The second-order valence-electron chi connectivity index (χ2n) is 6.70. The zero-order chi connectivity index (χ0) is 18.8. The largest absolute Gasteiger partial charge is 0.497 e. The van der Waals surface area contributed by atoms with Crippen LogP contribution in [0.15, 0.2) is 65.3 Å². The van der Waals surface area contributed by atoms with Crippen molar-refractivity contribution in [2.75, 3.05) is 7.11 Å². The lowest BCUT2D eigenvalue weighted by atomic mass is 9.89. The van der Waals surface area contributed by atoms with Crippen LogP contribution in [0.1, 0.15) is 38.9 Å². The summed E-state index contributed by atoms with van der Waals surface area (Å²) in [4.78, 5) is 15.2. The molecular weight excluding hydrogens is 340 g/mol. The minimum Gasteiger partial charge on any atom is -0.497 e. The predicted molar refractivity (Wildman–Crippen MR) is 102 cm³/mol. The first kappa shape index (κ1) is 17.4. The molecule has 2 heterocycles. The summed E-state index contributed by atoms with van der Waals surface area (Å²) in [6, 6.07) is 17.9. The highest BCUT2D eigenvalue weighted by molar-refractivity contribution is 5.94. The van der Waals surface area contributed by atoms with Crippen molar-refractivity contribution >= 4 is 5.91 Å². The van der Waals surface area contributed by atoms with E-state index in [-0.39, 0.29) is 18.5 Å². The van der Waals surface area contributed by atoms with Crippen molar-refractivity contribution in [2.45, 2.75) is 25.6 Å². The summed E-state index contributed by atoms with van der Waals surface area (Å²) < 4.78 is 10.7. The third-order valence-corrected chi connectivity index (χ3v) is 5.09. The Labute approximate surface area is 158 Å². The van der Waals surface area contributed by atoms with Gasteiger partial charge in [0.05, 0.1) is 25.3 Å². The highest BCUT2D eigenvalue weighted by Gasteiger charge is 2.32. The van der Waals surface area contributed by atoms with Gasteiger partial charge >= 0.3 is 0 Å². The van der Waals surface area contributed by atoms with E-state index in [1.54, 1.807) is 13.2 Å². The third kappa shape index (κ3) is 3.34. The first-order chi connectivity index (χ1) is 13.2. The lowest BCUT2D eigenvalue weighted by Gasteiger charge is -2.37. The van der Waals surface area contributed by atoms with Gasteiger partial charge in [0.15, 0.2) is 0 Å². The summed E-state index contributed by atoms with van der Waals surface area (Å²) in [5, 5.41) is 0. The Morgan fingerprint density at radius 2 is 2.00 bits per heavy atom. The number of rotatable bonds is 4. The molecule has 0 saturated heterocycles. The van der Waals surface area contributed by atoms with Crippen LogP contribution in [0.3, 0.4) is 0 Å². The smallest absolute Gasteiger partial charge is 0.257 e. The van der Waals surface area contributed by atoms with E-state index in [1.807, 2.05) is 35.2 Å². The molecule has 1 aliphatic rings. The van der Waals surface area contributed by atoms with Gasteiger partial charge in [-0.1, -0.05) is 36.4 Å². The van der Waals surface area contributed by atoms with E-state index in [1.165, 1.54) is 11.8 Å². The van der Waals surface area contributed by atoms with Crippen LogP contribution in [-0.2, 0) is 19.5 Å². The van der Waals surface area contributed by atoms with E-state index >= 15 is 0 Å². The van der Waals surface area contributed by atoms with Gasteiger partial charge in [-0.2, -0.15) is 0 Å². The van der Waals surface area contributed by atoms with Gasteiger partial charge in [0, 0.05) is 6.54 Å². The molecule has 27 heavy (non-hydrogen) atoms. The average Bonchev–Trinajstić information content (AvgIpc) is 3.22. The Kier molecular flexibility index (Phi) is 4.69. The molecule has 5 heteroatoms. The number of nitrogens with two attached hydrogens (primary N) is 1. The Hall–Kier alpha value is -3.05. The summed E-state index contributed by atoms with van der Waals surface area (Å²) in [7, 11) is 1.65. The van der Waals surface area contributed by atoms with Crippen LogP contribution in [-0.4, -0.2) is 17.9 Å². The maximum Gasteiger partial charge on any atom is 0.257 e. The highest BCUT2D eigenvalue weighted by atomic mass is 16.5. The molecule has 0 aliphatic carbocycles. The number of nitrogens with zero attached hydrogens (tertiary/aromatic N) is 1. The highest BCUT2D eigenvalue weighted by Crippen LogP contribution is 2.36. The van der Waals surface area contributed by atoms with Crippen molar-refractivity contribution in [1.82, 2.24) is 4.90 Å². The number of benzene rings is 2. The van der Waals surface area contributed by atoms with Gasteiger partial charge in [-0.15, -0.1) is 0 Å². The number of methoxy groups -OCH3 is 1. The van der Waals surface area contributed by atoms with Crippen LogP contribution in [0.4, 0.5) is 0 Å². The molecule has 2 aromatic carbocycles. The van der Waals surface area contributed by atoms with Gasteiger partial charge in [-0.25, -0.2) is 0 Å². The first-order valence-corrected chi connectivity index (χ1v) is 8.98. The van der Waals surface area contributed by atoms with Crippen LogP contribution in [0, 0.1) is 0 Å². The fourth-order valence-electron chi connectivity index (χ4n) is 3.64. The Bertz CT molecular complexity index is 949. The number of carbonyl (C=O) groups is 1. The molecule has 0 bridgehead atoms. The SMILES string of the molecule is COc1ccc2c(c1)CN(C(=O)c1coc(CN)c1)C(c1ccccc1)C2. The number of amides is 1. The van der Waals surface area contributed by atoms with Crippen molar-refractivity contribution in [3.05, 3.63) is 88.9 Å². The van der Waals surface area contributed by atoms with E-state index in [2.05, 4.69) is 18.2 Å². The fraction of sp³-hybridized carbons (Fsp3) is 0.227. The Morgan fingerprint density at radius 3 is 2.70 bits per heavy atom. The monoisotopic (exact) mass is 362 g/mol. The molecule has 5 nitrogen and oxygen atoms in total. The van der Waals surface area contributed by atoms with Gasteiger partial charge in [0.25, 0.3) is 5.91 Å². The van der Waals surface area contributed by atoms with E-state index < -0.39 is 0 Å². The van der Waals surface area contributed by atoms with Gasteiger partial charge < -0.3 is 19.8 Å². The maximum atomic E-state index is 13.3. The van der Waals surface area contributed by atoms with Crippen LogP contribution in [0.5, 0.6) is 5.75 Å². The van der Waals surface area contributed by atoms with Crippen molar-refractivity contribution in [2.24, 2.45) is 5.73 Å². The molecule has 1 amide bonds. The molecule has 3 aromatic rings. The van der Waals surface area contributed by atoms with Crippen LogP contribution < -0.4 is 10.5 Å². The van der Waals surface area contributed by atoms with Gasteiger partial charge in [-0.05, 0) is 41.3 Å². The van der Waals surface area contributed by atoms with E-state index in [0.717, 1.165) is 23.3 Å². The topological polar surface area (TPSA) is 68.7 Å². The number of hydrogen-bond acceptors (Lipinski definition) is 4. The molecule has 0 saturated carbocycles. The summed E-state index contributed by atoms with van der Waals surface area (Å²) in [5.41, 5.74) is 9.62. The summed E-state index contributed by atoms with van der Waals surface area (Å²) in [6.07, 6.45) is 2.25.